The molecule has 6 nitrogen and oxygen atoms in total. The molecule has 0 fully saturated rings. The van der Waals surface area contributed by atoms with E-state index < -0.39 is 0 Å². The summed E-state index contributed by atoms with van der Waals surface area (Å²) in [4.78, 5) is 12.4. The minimum Gasteiger partial charge on any atom is -0.298 e. The van der Waals surface area contributed by atoms with E-state index in [-0.39, 0.29) is 11.0 Å². The van der Waals surface area contributed by atoms with E-state index in [1.54, 1.807) is 10.7 Å². The second-order valence-corrected chi connectivity index (χ2v) is 7.68. The van der Waals surface area contributed by atoms with Gasteiger partial charge in [-0.1, -0.05) is 48.2 Å². The van der Waals surface area contributed by atoms with E-state index in [1.807, 2.05) is 51.1 Å². The number of aromatic nitrogens is 3. The van der Waals surface area contributed by atoms with Gasteiger partial charge in [-0.3, -0.25) is 15.5 Å². The average molecular weight is 412 g/mol. The lowest BCUT2D eigenvalue weighted by atomic mass is 10.1. The van der Waals surface area contributed by atoms with Gasteiger partial charge in [-0.05, 0) is 61.8 Å². The van der Waals surface area contributed by atoms with Crippen molar-refractivity contribution < 1.29 is 4.79 Å². The van der Waals surface area contributed by atoms with Gasteiger partial charge in [0.05, 0.1) is 0 Å². The van der Waals surface area contributed by atoms with E-state index in [9.17, 15) is 4.79 Å². The number of amides is 1. The monoisotopic (exact) mass is 411 g/mol. The fourth-order valence-electron chi connectivity index (χ4n) is 2.47. The highest BCUT2D eigenvalue weighted by Gasteiger charge is 2.13. The number of hydrogen-bond acceptors (Lipinski definition) is 5. The molecule has 0 saturated heterocycles. The third kappa shape index (κ3) is 4.96. The maximum Gasteiger partial charge on any atom is 0.257 e. The first-order chi connectivity index (χ1) is 13.4. The molecule has 0 aliphatic rings. The number of hydrogen-bond donors (Lipinski definition) is 2. The Kier molecular flexibility index (Phi) is 6.43. The molecule has 0 radical (unpaired) electrons. The molecule has 1 amide bonds. The van der Waals surface area contributed by atoms with Gasteiger partial charge in [0.2, 0.25) is 5.16 Å². The van der Waals surface area contributed by atoms with Crippen LogP contribution in [0.25, 0.3) is 0 Å². The predicted octanol–water partition coefficient (Wildman–Crippen LogP) is 3.75. The van der Waals surface area contributed by atoms with Crippen LogP contribution in [0.5, 0.6) is 0 Å². The Labute approximate surface area is 173 Å². The Balaban J connectivity index is 1.64. The molecule has 1 aromatic heterocycles. The quantitative estimate of drug-likeness (QED) is 0.492. The van der Waals surface area contributed by atoms with Gasteiger partial charge in [0.15, 0.2) is 5.11 Å². The molecular formula is C20H21N5OS2. The third-order valence-corrected chi connectivity index (χ3v) is 5.41. The summed E-state index contributed by atoms with van der Waals surface area (Å²) < 4.78 is 1.68. The molecule has 144 valence electrons. The summed E-state index contributed by atoms with van der Waals surface area (Å²) >= 11 is 6.84. The number of benzene rings is 2. The third-order valence-electron chi connectivity index (χ3n) is 4.22. The number of nitrogens with one attached hydrogen (secondary N) is 2. The lowest BCUT2D eigenvalue weighted by Crippen LogP contribution is -2.38. The fourth-order valence-corrected chi connectivity index (χ4v) is 3.55. The Hall–Kier alpha value is -2.71. The Morgan fingerprint density at radius 3 is 2.54 bits per heavy atom. The van der Waals surface area contributed by atoms with Crippen LogP contribution in [-0.4, -0.2) is 25.9 Å². The van der Waals surface area contributed by atoms with E-state index in [2.05, 4.69) is 33.1 Å². The van der Waals surface area contributed by atoms with Crippen LogP contribution in [0.15, 0.2) is 53.7 Å². The second kappa shape index (κ2) is 8.99. The maximum atomic E-state index is 12.4. The molecule has 0 aliphatic heterocycles. The van der Waals surface area contributed by atoms with Crippen LogP contribution in [0.4, 0.5) is 0 Å². The van der Waals surface area contributed by atoms with Crippen molar-refractivity contribution in [3.63, 3.8) is 0 Å². The van der Waals surface area contributed by atoms with Crippen molar-refractivity contribution in [2.24, 2.45) is 0 Å². The molecule has 3 aromatic rings. The van der Waals surface area contributed by atoms with Crippen LogP contribution in [-0.2, 0) is 5.75 Å². The Morgan fingerprint density at radius 1 is 1.07 bits per heavy atom. The van der Waals surface area contributed by atoms with Crippen LogP contribution in [0, 0.1) is 20.8 Å². The number of carbonyl (C=O) groups is 1. The van der Waals surface area contributed by atoms with Crippen molar-refractivity contribution in [1.29, 1.82) is 0 Å². The lowest BCUT2D eigenvalue weighted by molar-refractivity contribution is 0.0977. The van der Waals surface area contributed by atoms with Crippen LogP contribution < -0.4 is 10.7 Å². The summed E-state index contributed by atoms with van der Waals surface area (Å²) in [5.74, 6) is 1.14. The topological polar surface area (TPSA) is 71.8 Å². The van der Waals surface area contributed by atoms with Crippen LogP contribution >= 0.6 is 24.0 Å². The van der Waals surface area contributed by atoms with Crippen molar-refractivity contribution in [3.05, 3.63) is 76.6 Å². The van der Waals surface area contributed by atoms with Gasteiger partial charge < -0.3 is 0 Å². The van der Waals surface area contributed by atoms with E-state index >= 15 is 0 Å². The average Bonchev–Trinajstić information content (AvgIpc) is 3.02. The minimum atomic E-state index is -0.259. The highest BCUT2D eigenvalue weighted by atomic mass is 32.2. The summed E-state index contributed by atoms with van der Waals surface area (Å²) in [7, 11) is 0. The zero-order valence-corrected chi connectivity index (χ0v) is 17.5. The first kappa shape index (κ1) is 20.0. The van der Waals surface area contributed by atoms with E-state index in [0.717, 1.165) is 16.9 Å². The largest absolute Gasteiger partial charge is 0.298 e. The number of rotatable bonds is 5. The molecular weight excluding hydrogens is 390 g/mol. The van der Waals surface area contributed by atoms with Gasteiger partial charge in [-0.2, -0.15) is 0 Å². The number of nitrogens with zero attached hydrogens (tertiary/aromatic N) is 3. The van der Waals surface area contributed by atoms with Gasteiger partial charge in [0.25, 0.3) is 5.91 Å². The van der Waals surface area contributed by atoms with Gasteiger partial charge in [0, 0.05) is 11.3 Å². The molecule has 0 unspecified atom stereocenters. The van der Waals surface area contributed by atoms with Crippen LogP contribution in [0.2, 0.25) is 0 Å². The first-order valence-corrected chi connectivity index (χ1v) is 10.1. The number of aryl methyl sites for hydroxylation is 3. The molecule has 2 aromatic carbocycles. The van der Waals surface area contributed by atoms with Gasteiger partial charge >= 0.3 is 0 Å². The molecule has 28 heavy (non-hydrogen) atoms. The predicted molar refractivity (Wildman–Crippen MR) is 116 cm³/mol. The van der Waals surface area contributed by atoms with Gasteiger partial charge in [-0.25, -0.2) is 4.68 Å². The van der Waals surface area contributed by atoms with Crippen molar-refractivity contribution in [3.8, 4) is 0 Å². The van der Waals surface area contributed by atoms with E-state index in [4.69, 9.17) is 12.2 Å². The van der Waals surface area contributed by atoms with E-state index in [1.165, 1.54) is 17.3 Å². The van der Waals surface area contributed by atoms with Crippen LogP contribution in [0.3, 0.4) is 0 Å². The molecule has 0 spiro atoms. The normalized spacial score (nSPS) is 10.5. The molecule has 3 rings (SSSR count). The van der Waals surface area contributed by atoms with Gasteiger partial charge in [0.1, 0.15) is 5.82 Å². The number of carbonyl (C=O) groups excluding carboxylic acids is 1. The molecule has 0 atom stereocenters. The summed E-state index contributed by atoms with van der Waals surface area (Å²) in [5.41, 5.74) is 6.93. The molecule has 0 saturated carbocycles. The number of thiocarbonyl (C=S) groups is 1. The second-order valence-electron chi connectivity index (χ2n) is 6.33. The summed E-state index contributed by atoms with van der Waals surface area (Å²) in [5, 5.41) is 11.8. The Morgan fingerprint density at radius 2 is 1.82 bits per heavy atom. The first-order valence-electron chi connectivity index (χ1n) is 8.72. The molecule has 2 N–H and O–H groups in total. The molecule has 8 heteroatoms. The molecule has 1 heterocycles. The SMILES string of the molecule is Cc1ccc(C(=O)NC(=S)Nn2c(C)nnc2SCc2ccccc2)cc1C. The van der Waals surface area contributed by atoms with Gasteiger partial charge in [-0.15, -0.1) is 10.2 Å². The van der Waals surface area contributed by atoms with E-state index in [0.29, 0.717) is 16.5 Å². The van der Waals surface area contributed by atoms with Crippen LogP contribution in [0.1, 0.15) is 32.9 Å². The molecule has 0 aliphatic carbocycles. The zero-order chi connectivity index (χ0) is 20.1. The zero-order valence-electron chi connectivity index (χ0n) is 15.9. The highest BCUT2D eigenvalue weighted by molar-refractivity contribution is 7.98. The van der Waals surface area contributed by atoms with Crippen molar-refractivity contribution in [1.82, 2.24) is 20.2 Å². The standard InChI is InChI=1S/C20H21N5OS2/c1-13-9-10-17(11-14(13)2)18(26)21-19(27)24-25-15(3)22-23-20(25)28-12-16-7-5-4-6-8-16/h4-11H,12H2,1-3H3,(H2,21,24,26,27). The Bertz CT molecular complexity index is 1000. The summed E-state index contributed by atoms with van der Waals surface area (Å²) in [6.45, 7) is 5.80. The minimum absolute atomic E-state index is 0.188. The lowest BCUT2D eigenvalue weighted by Gasteiger charge is -2.13. The maximum absolute atomic E-state index is 12.4. The fraction of sp³-hybridized carbons (Fsp3) is 0.200. The van der Waals surface area contributed by atoms with Crippen molar-refractivity contribution in [2.45, 2.75) is 31.7 Å². The highest BCUT2D eigenvalue weighted by Crippen LogP contribution is 2.20. The summed E-state index contributed by atoms with van der Waals surface area (Å²) in [6.07, 6.45) is 0. The smallest absolute Gasteiger partial charge is 0.257 e. The molecule has 0 bridgehead atoms. The van der Waals surface area contributed by atoms with Crippen molar-refractivity contribution >= 4 is 35.0 Å². The summed E-state index contributed by atoms with van der Waals surface area (Å²) in [6, 6.07) is 15.7. The van der Waals surface area contributed by atoms with Crippen molar-refractivity contribution in [2.75, 3.05) is 5.43 Å². The number of thioether (sulfide) groups is 1.